The first kappa shape index (κ1) is 12.6. The van der Waals surface area contributed by atoms with E-state index in [1.807, 2.05) is 5.38 Å². The molecular weight excluding hydrogens is 282 g/mol. The van der Waals surface area contributed by atoms with Gasteiger partial charge in [0.1, 0.15) is 4.83 Å². The average Bonchev–Trinajstić information content (AvgIpc) is 3.04. The van der Waals surface area contributed by atoms with E-state index in [2.05, 4.69) is 10.3 Å². The number of amides is 1. The van der Waals surface area contributed by atoms with Gasteiger partial charge < -0.3 is 10.3 Å². The first-order valence-electron chi connectivity index (χ1n) is 6.15. The van der Waals surface area contributed by atoms with Gasteiger partial charge in [0, 0.05) is 19.0 Å². The lowest BCUT2D eigenvalue weighted by molar-refractivity contribution is -0.121. The van der Waals surface area contributed by atoms with Crippen molar-refractivity contribution >= 4 is 39.7 Å². The zero-order chi connectivity index (χ0) is 13.4. The highest BCUT2D eigenvalue weighted by atomic mass is 32.1. The van der Waals surface area contributed by atoms with Gasteiger partial charge in [-0.2, -0.15) is 0 Å². The van der Waals surface area contributed by atoms with Crippen LogP contribution in [-0.4, -0.2) is 21.5 Å². The van der Waals surface area contributed by atoms with E-state index in [0.717, 1.165) is 17.7 Å². The van der Waals surface area contributed by atoms with Crippen LogP contribution in [-0.2, 0) is 11.3 Å². The van der Waals surface area contributed by atoms with Gasteiger partial charge in [-0.25, -0.2) is 0 Å². The molecule has 1 fully saturated rings. The molecule has 0 saturated heterocycles. The van der Waals surface area contributed by atoms with Crippen LogP contribution in [0.15, 0.2) is 16.2 Å². The van der Waals surface area contributed by atoms with Crippen molar-refractivity contribution in [3.8, 4) is 0 Å². The van der Waals surface area contributed by atoms with Crippen LogP contribution in [0.2, 0.25) is 0 Å². The highest BCUT2D eigenvalue weighted by Gasteiger charge is 2.23. The molecule has 3 rings (SSSR count). The number of hydrogen-bond acceptors (Lipinski definition) is 4. The van der Waals surface area contributed by atoms with Gasteiger partial charge in [0.15, 0.2) is 4.77 Å². The maximum Gasteiger partial charge on any atom is 0.263 e. The van der Waals surface area contributed by atoms with Crippen molar-refractivity contribution in [2.75, 3.05) is 0 Å². The fourth-order valence-electron chi connectivity index (χ4n) is 1.92. The lowest BCUT2D eigenvalue weighted by atomic mass is 10.3. The van der Waals surface area contributed by atoms with Gasteiger partial charge in [-0.05, 0) is 36.5 Å². The van der Waals surface area contributed by atoms with E-state index < -0.39 is 0 Å². The predicted molar refractivity (Wildman–Crippen MR) is 77.1 cm³/mol. The van der Waals surface area contributed by atoms with Crippen LogP contribution in [0.5, 0.6) is 0 Å². The molecule has 2 heterocycles. The molecule has 2 aromatic heterocycles. The van der Waals surface area contributed by atoms with Crippen LogP contribution in [0.4, 0.5) is 0 Å². The molecule has 19 heavy (non-hydrogen) atoms. The topological polar surface area (TPSA) is 66.9 Å². The van der Waals surface area contributed by atoms with Crippen LogP contribution in [0.25, 0.3) is 10.2 Å². The first-order valence-corrected chi connectivity index (χ1v) is 7.43. The summed E-state index contributed by atoms with van der Waals surface area (Å²) in [6.07, 6.45) is 2.41. The summed E-state index contributed by atoms with van der Waals surface area (Å²) in [5.74, 6) is -0.0192. The summed E-state index contributed by atoms with van der Waals surface area (Å²) >= 11 is 6.62. The molecule has 0 unspecified atom stereocenters. The average molecular weight is 295 g/mol. The molecule has 2 aromatic rings. The molecule has 100 valence electrons. The Kier molecular flexibility index (Phi) is 3.24. The van der Waals surface area contributed by atoms with Crippen molar-refractivity contribution in [2.24, 2.45) is 0 Å². The van der Waals surface area contributed by atoms with Crippen LogP contribution in [0.3, 0.4) is 0 Å². The number of H-pyrrole nitrogens is 1. The lowest BCUT2D eigenvalue weighted by Gasteiger charge is -2.06. The van der Waals surface area contributed by atoms with Crippen LogP contribution < -0.4 is 10.9 Å². The number of aromatic amines is 1. The van der Waals surface area contributed by atoms with Gasteiger partial charge in [-0.15, -0.1) is 11.3 Å². The first-order chi connectivity index (χ1) is 9.15. The molecule has 1 aliphatic carbocycles. The highest BCUT2D eigenvalue weighted by molar-refractivity contribution is 7.71. The molecular formula is C12H13N3O2S2. The molecule has 7 heteroatoms. The standard InChI is InChI=1S/C12H13N3O2S2/c16-9(13-7-1-2-7)3-5-15-11(17)8-4-6-19-10(8)14-12(15)18/h4,6-7H,1-3,5H2,(H,13,16)(H,14,18). The molecule has 0 spiro atoms. The van der Waals surface area contributed by atoms with E-state index >= 15 is 0 Å². The molecule has 2 N–H and O–H groups in total. The van der Waals surface area contributed by atoms with E-state index in [1.54, 1.807) is 6.07 Å². The monoisotopic (exact) mass is 295 g/mol. The van der Waals surface area contributed by atoms with Gasteiger partial charge in [-0.3, -0.25) is 14.2 Å². The van der Waals surface area contributed by atoms with Gasteiger partial charge in [0.05, 0.1) is 5.39 Å². The molecule has 5 nitrogen and oxygen atoms in total. The summed E-state index contributed by atoms with van der Waals surface area (Å²) in [5, 5.41) is 5.37. The summed E-state index contributed by atoms with van der Waals surface area (Å²) in [7, 11) is 0. The Bertz CT molecular complexity index is 739. The number of nitrogens with zero attached hydrogens (tertiary/aromatic N) is 1. The zero-order valence-electron chi connectivity index (χ0n) is 10.1. The lowest BCUT2D eigenvalue weighted by Crippen LogP contribution is -2.29. The quantitative estimate of drug-likeness (QED) is 0.845. The summed E-state index contributed by atoms with van der Waals surface area (Å²) in [4.78, 5) is 27.6. The van der Waals surface area contributed by atoms with Gasteiger partial charge in [0.2, 0.25) is 5.91 Å². The molecule has 0 radical (unpaired) electrons. The van der Waals surface area contributed by atoms with Gasteiger partial charge >= 0.3 is 0 Å². The Morgan fingerprint density at radius 1 is 1.58 bits per heavy atom. The molecule has 0 aromatic carbocycles. The number of hydrogen-bond donors (Lipinski definition) is 2. The molecule has 1 aliphatic rings. The number of fused-ring (bicyclic) bond motifs is 1. The van der Waals surface area contributed by atoms with E-state index in [0.29, 0.717) is 22.7 Å². The third kappa shape index (κ3) is 2.62. The minimum absolute atomic E-state index is 0.0192. The second-order valence-electron chi connectivity index (χ2n) is 4.64. The highest BCUT2D eigenvalue weighted by Crippen LogP contribution is 2.18. The van der Waals surface area contributed by atoms with Crippen molar-refractivity contribution in [3.63, 3.8) is 0 Å². The van der Waals surface area contributed by atoms with Crippen LogP contribution in [0, 0.1) is 4.77 Å². The Hall–Kier alpha value is -1.47. The van der Waals surface area contributed by atoms with Crippen LogP contribution >= 0.6 is 23.6 Å². The number of rotatable bonds is 4. The maximum absolute atomic E-state index is 12.2. The largest absolute Gasteiger partial charge is 0.353 e. The Morgan fingerprint density at radius 2 is 2.37 bits per heavy atom. The zero-order valence-corrected chi connectivity index (χ0v) is 11.8. The fourth-order valence-corrected chi connectivity index (χ4v) is 3.04. The summed E-state index contributed by atoms with van der Waals surface area (Å²) in [6.45, 7) is 0.318. The Morgan fingerprint density at radius 3 is 3.11 bits per heavy atom. The number of carbonyl (C=O) groups excluding carboxylic acids is 1. The van der Waals surface area contributed by atoms with Crippen molar-refractivity contribution < 1.29 is 4.79 Å². The second-order valence-corrected chi connectivity index (χ2v) is 5.94. The third-order valence-corrected chi connectivity index (χ3v) is 4.26. The van der Waals surface area contributed by atoms with Gasteiger partial charge in [0.25, 0.3) is 5.56 Å². The molecule has 0 bridgehead atoms. The minimum atomic E-state index is -0.126. The predicted octanol–water partition coefficient (Wildman–Crippen LogP) is 1.79. The SMILES string of the molecule is O=C(CCn1c(=S)[nH]c2sccc2c1=O)NC1CC1. The smallest absolute Gasteiger partial charge is 0.263 e. The number of carbonyl (C=O) groups is 1. The molecule has 1 amide bonds. The fraction of sp³-hybridized carbons (Fsp3) is 0.417. The summed E-state index contributed by atoms with van der Waals surface area (Å²) in [6, 6.07) is 2.12. The Balaban J connectivity index is 1.81. The third-order valence-electron chi connectivity index (χ3n) is 3.11. The van der Waals surface area contributed by atoms with Gasteiger partial charge in [-0.1, -0.05) is 0 Å². The minimum Gasteiger partial charge on any atom is -0.353 e. The summed E-state index contributed by atoms with van der Waals surface area (Å²) < 4.78 is 1.83. The van der Waals surface area contributed by atoms with Crippen molar-refractivity contribution in [3.05, 3.63) is 26.6 Å². The van der Waals surface area contributed by atoms with E-state index in [-0.39, 0.29) is 17.9 Å². The number of thiophene rings is 1. The van der Waals surface area contributed by atoms with E-state index in [9.17, 15) is 9.59 Å². The molecule has 0 aliphatic heterocycles. The second kappa shape index (κ2) is 4.90. The molecule has 0 atom stereocenters. The van der Waals surface area contributed by atoms with Crippen molar-refractivity contribution in [1.29, 1.82) is 0 Å². The summed E-state index contributed by atoms with van der Waals surface area (Å²) in [5.41, 5.74) is -0.126. The van der Waals surface area contributed by atoms with Crippen LogP contribution in [0.1, 0.15) is 19.3 Å². The molecule has 1 saturated carbocycles. The Labute approximate surface area is 118 Å². The van der Waals surface area contributed by atoms with E-state index in [4.69, 9.17) is 12.2 Å². The van der Waals surface area contributed by atoms with Crippen molar-refractivity contribution in [2.45, 2.75) is 31.8 Å². The number of aromatic nitrogens is 2. The normalized spacial score (nSPS) is 14.7. The van der Waals surface area contributed by atoms with Crippen molar-refractivity contribution in [1.82, 2.24) is 14.9 Å². The number of nitrogens with one attached hydrogen (secondary N) is 2. The van der Waals surface area contributed by atoms with E-state index in [1.165, 1.54) is 15.9 Å². The maximum atomic E-state index is 12.2.